The molecule has 3 N–H and O–H groups in total. The molecular weight excluding hydrogens is 345 g/mol. The van der Waals surface area contributed by atoms with Crippen molar-refractivity contribution in [2.75, 3.05) is 11.9 Å². The molecule has 0 heterocycles. The highest BCUT2D eigenvalue weighted by Crippen LogP contribution is 2.23. The van der Waals surface area contributed by atoms with Gasteiger partial charge in [0.15, 0.2) is 5.96 Å². The summed E-state index contributed by atoms with van der Waals surface area (Å²) in [4.78, 5) is 3.97. The predicted octanol–water partition coefficient (Wildman–Crippen LogP) is 3.83. The molecular formula is C16H14F5N3O. The van der Waals surface area contributed by atoms with Gasteiger partial charge < -0.3 is 15.8 Å². The zero-order chi connectivity index (χ0) is 18.4. The maximum absolute atomic E-state index is 13.4. The molecule has 0 saturated carbocycles. The van der Waals surface area contributed by atoms with E-state index in [9.17, 15) is 22.0 Å². The van der Waals surface area contributed by atoms with E-state index in [-0.39, 0.29) is 24.7 Å². The quantitative estimate of drug-likeness (QED) is 0.485. The minimum absolute atomic E-state index is 0.00649. The first kappa shape index (κ1) is 18.5. The van der Waals surface area contributed by atoms with E-state index in [1.54, 1.807) is 0 Å². The van der Waals surface area contributed by atoms with Crippen LogP contribution in [0.4, 0.5) is 27.6 Å². The Bertz CT molecular complexity index is 744. The summed E-state index contributed by atoms with van der Waals surface area (Å²) in [7, 11) is 0. The van der Waals surface area contributed by atoms with Gasteiger partial charge in [0.25, 0.3) is 0 Å². The highest BCUT2D eigenvalue weighted by molar-refractivity contribution is 5.92. The van der Waals surface area contributed by atoms with Crippen molar-refractivity contribution in [3.63, 3.8) is 0 Å². The summed E-state index contributed by atoms with van der Waals surface area (Å²) in [5.74, 6) is -1.68. The number of rotatable bonds is 5. The lowest BCUT2D eigenvalue weighted by Crippen LogP contribution is -2.23. The van der Waals surface area contributed by atoms with Gasteiger partial charge in [-0.15, -0.1) is 13.2 Å². The number of hydrogen-bond acceptors (Lipinski definition) is 2. The Balaban J connectivity index is 1.88. The zero-order valence-electron chi connectivity index (χ0n) is 12.8. The second-order valence-electron chi connectivity index (χ2n) is 4.95. The molecule has 2 aromatic rings. The molecule has 2 aromatic carbocycles. The molecule has 134 valence electrons. The number of anilines is 1. The molecule has 0 amide bonds. The monoisotopic (exact) mass is 359 g/mol. The van der Waals surface area contributed by atoms with Gasteiger partial charge in [0.1, 0.15) is 17.4 Å². The van der Waals surface area contributed by atoms with E-state index in [0.717, 1.165) is 24.3 Å². The molecule has 0 aliphatic rings. The fourth-order valence-electron chi connectivity index (χ4n) is 1.95. The average molecular weight is 359 g/mol. The van der Waals surface area contributed by atoms with Crippen LogP contribution in [-0.2, 0) is 6.42 Å². The normalized spacial score (nSPS) is 12.1. The molecule has 0 aromatic heterocycles. The highest BCUT2D eigenvalue weighted by atomic mass is 19.4. The van der Waals surface area contributed by atoms with Crippen LogP contribution in [0.1, 0.15) is 5.56 Å². The van der Waals surface area contributed by atoms with Crippen LogP contribution in [0.3, 0.4) is 0 Å². The van der Waals surface area contributed by atoms with Crippen molar-refractivity contribution in [2.45, 2.75) is 12.8 Å². The van der Waals surface area contributed by atoms with Crippen LogP contribution in [0, 0.1) is 11.6 Å². The third-order valence-electron chi connectivity index (χ3n) is 3.04. The predicted molar refractivity (Wildman–Crippen MR) is 83.3 cm³/mol. The van der Waals surface area contributed by atoms with Gasteiger partial charge in [-0.1, -0.05) is 6.07 Å². The lowest BCUT2D eigenvalue weighted by Gasteiger charge is -2.10. The Morgan fingerprint density at radius 2 is 1.76 bits per heavy atom. The summed E-state index contributed by atoms with van der Waals surface area (Å²) in [6, 6.07) is 8.17. The minimum Gasteiger partial charge on any atom is -0.406 e. The molecule has 0 aliphatic carbocycles. The largest absolute Gasteiger partial charge is 0.573 e. The zero-order valence-corrected chi connectivity index (χ0v) is 12.8. The van der Waals surface area contributed by atoms with E-state index >= 15 is 0 Å². The van der Waals surface area contributed by atoms with Gasteiger partial charge in [0, 0.05) is 18.3 Å². The van der Waals surface area contributed by atoms with Crippen LogP contribution in [0.2, 0.25) is 0 Å². The Morgan fingerprint density at radius 3 is 2.36 bits per heavy atom. The van der Waals surface area contributed by atoms with Crippen molar-refractivity contribution in [1.29, 1.82) is 0 Å². The number of halogens is 5. The molecule has 0 unspecified atom stereocenters. The lowest BCUT2D eigenvalue weighted by atomic mass is 10.1. The van der Waals surface area contributed by atoms with Gasteiger partial charge in [0.05, 0.1) is 0 Å². The second-order valence-corrected chi connectivity index (χ2v) is 4.95. The van der Waals surface area contributed by atoms with Crippen molar-refractivity contribution >= 4 is 11.6 Å². The minimum atomic E-state index is -4.76. The maximum atomic E-state index is 13.4. The first-order valence-corrected chi connectivity index (χ1v) is 7.09. The molecule has 2 rings (SSSR count). The number of ether oxygens (including phenoxy) is 1. The van der Waals surface area contributed by atoms with Gasteiger partial charge in [-0.2, -0.15) is 0 Å². The summed E-state index contributed by atoms with van der Waals surface area (Å²) in [6.07, 6.45) is -4.54. The van der Waals surface area contributed by atoms with E-state index < -0.39 is 18.0 Å². The van der Waals surface area contributed by atoms with Crippen molar-refractivity contribution in [1.82, 2.24) is 0 Å². The van der Waals surface area contributed by atoms with E-state index in [1.807, 2.05) is 0 Å². The summed E-state index contributed by atoms with van der Waals surface area (Å²) < 4.78 is 66.2. The number of hydrogen-bond donors (Lipinski definition) is 2. The molecule has 0 radical (unpaired) electrons. The number of nitrogens with one attached hydrogen (secondary N) is 1. The van der Waals surface area contributed by atoms with Crippen LogP contribution in [0.25, 0.3) is 0 Å². The number of nitrogens with zero attached hydrogens (tertiary/aromatic N) is 1. The smallest absolute Gasteiger partial charge is 0.406 e. The van der Waals surface area contributed by atoms with Crippen LogP contribution < -0.4 is 15.8 Å². The molecule has 25 heavy (non-hydrogen) atoms. The van der Waals surface area contributed by atoms with E-state index in [2.05, 4.69) is 15.0 Å². The average Bonchev–Trinajstić information content (AvgIpc) is 2.50. The lowest BCUT2D eigenvalue weighted by molar-refractivity contribution is -0.274. The molecule has 0 spiro atoms. The van der Waals surface area contributed by atoms with Gasteiger partial charge in [-0.05, 0) is 42.3 Å². The van der Waals surface area contributed by atoms with Gasteiger partial charge >= 0.3 is 6.36 Å². The Morgan fingerprint density at radius 1 is 1.08 bits per heavy atom. The van der Waals surface area contributed by atoms with Gasteiger partial charge in [-0.25, -0.2) is 8.78 Å². The van der Waals surface area contributed by atoms with Crippen molar-refractivity contribution < 1.29 is 26.7 Å². The Kier molecular flexibility index (Phi) is 5.79. The SMILES string of the molecule is NC(=NCCc1ccc(F)cc1F)Nc1ccc(OC(F)(F)F)cc1. The van der Waals surface area contributed by atoms with Crippen LogP contribution in [0.5, 0.6) is 5.75 Å². The molecule has 0 fully saturated rings. The summed E-state index contributed by atoms with van der Waals surface area (Å²) in [6.45, 7) is 0.149. The fraction of sp³-hybridized carbons (Fsp3) is 0.188. The van der Waals surface area contributed by atoms with Gasteiger partial charge in [-0.3, -0.25) is 4.99 Å². The number of guanidine groups is 1. The van der Waals surface area contributed by atoms with Crippen LogP contribution >= 0.6 is 0 Å². The number of alkyl halides is 3. The van der Waals surface area contributed by atoms with E-state index in [1.165, 1.54) is 18.2 Å². The van der Waals surface area contributed by atoms with E-state index in [0.29, 0.717) is 11.3 Å². The molecule has 0 saturated heterocycles. The standard InChI is InChI=1S/C16H14F5N3O/c17-11-2-1-10(14(18)9-11)7-8-23-15(22)24-12-3-5-13(6-4-12)25-16(19,20)21/h1-6,9H,7-8H2,(H3,22,23,24). The molecule has 0 bridgehead atoms. The number of benzene rings is 2. The van der Waals surface area contributed by atoms with Crippen LogP contribution in [-0.4, -0.2) is 18.9 Å². The van der Waals surface area contributed by atoms with Crippen molar-refractivity contribution in [2.24, 2.45) is 10.7 Å². The molecule has 4 nitrogen and oxygen atoms in total. The molecule has 9 heteroatoms. The van der Waals surface area contributed by atoms with Crippen LogP contribution in [0.15, 0.2) is 47.5 Å². The van der Waals surface area contributed by atoms with E-state index in [4.69, 9.17) is 5.73 Å². The summed E-state index contributed by atoms with van der Waals surface area (Å²) in [5.41, 5.74) is 6.35. The first-order chi connectivity index (χ1) is 11.7. The Labute approximate surface area is 140 Å². The van der Waals surface area contributed by atoms with Crippen molar-refractivity contribution in [3.05, 3.63) is 59.7 Å². The first-order valence-electron chi connectivity index (χ1n) is 7.09. The molecule has 0 atom stereocenters. The van der Waals surface area contributed by atoms with Crippen molar-refractivity contribution in [3.8, 4) is 5.75 Å². The third-order valence-corrected chi connectivity index (χ3v) is 3.04. The summed E-state index contributed by atoms with van der Waals surface area (Å²) in [5, 5.41) is 2.68. The van der Waals surface area contributed by atoms with Gasteiger partial charge in [0.2, 0.25) is 0 Å². The maximum Gasteiger partial charge on any atom is 0.573 e. The Hall–Kier alpha value is -2.84. The number of aliphatic imine (C=N–C) groups is 1. The third kappa shape index (κ3) is 6.28. The fourth-order valence-corrected chi connectivity index (χ4v) is 1.95. The second kappa shape index (κ2) is 7.82. The summed E-state index contributed by atoms with van der Waals surface area (Å²) >= 11 is 0. The highest BCUT2D eigenvalue weighted by Gasteiger charge is 2.30. The topological polar surface area (TPSA) is 59.6 Å². The molecule has 0 aliphatic heterocycles. The number of nitrogens with two attached hydrogens (primary N) is 1.